The van der Waals surface area contributed by atoms with Crippen molar-refractivity contribution in [3.63, 3.8) is 0 Å². The Morgan fingerprint density at radius 1 is 1.15 bits per heavy atom. The predicted octanol–water partition coefficient (Wildman–Crippen LogP) is 3.39. The first-order valence-corrected chi connectivity index (χ1v) is 7.51. The fraction of sp³-hybridized carbons (Fsp3) is 0.111. The summed E-state index contributed by atoms with van der Waals surface area (Å²) >= 11 is 0. The summed E-state index contributed by atoms with van der Waals surface area (Å²) in [4.78, 5) is 34.2. The summed E-state index contributed by atoms with van der Waals surface area (Å²) in [5.41, 5.74) is 0.129. The number of methoxy groups -OCH3 is 1. The molecule has 0 saturated carbocycles. The van der Waals surface area contributed by atoms with Crippen molar-refractivity contribution in [1.82, 2.24) is 0 Å². The summed E-state index contributed by atoms with van der Waals surface area (Å²) in [6.07, 6.45) is 0. The van der Waals surface area contributed by atoms with E-state index in [-0.39, 0.29) is 17.1 Å². The van der Waals surface area contributed by atoms with Crippen LogP contribution in [-0.4, -0.2) is 30.4 Å². The number of ketones is 1. The Kier molecular flexibility index (Phi) is 4.66. The van der Waals surface area contributed by atoms with Crippen LogP contribution in [0.3, 0.4) is 0 Å². The van der Waals surface area contributed by atoms with Gasteiger partial charge in [0.25, 0.3) is 0 Å². The number of fused-ring (bicyclic) bond motifs is 1. The second kappa shape index (κ2) is 7.06. The highest BCUT2D eigenvalue weighted by Crippen LogP contribution is 2.28. The van der Waals surface area contributed by atoms with Gasteiger partial charge in [-0.3, -0.25) is 14.9 Å². The lowest BCUT2D eigenvalue weighted by atomic mass is 10.2. The van der Waals surface area contributed by atoms with Crippen molar-refractivity contribution < 1.29 is 28.4 Å². The van der Waals surface area contributed by atoms with Crippen LogP contribution in [0, 0.1) is 10.1 Å². The molecular weight excluding hydrogens is 342 g/mol. The normalized spacial score (nSPS) is 10.5. The van der Waals surface area contributed by atoms with Gasteiger partial charge in [0, 0.05) is 11.5 Å². The zero-order valence-electron chi connectivity index (χ0n) is 13.6. The zero-order valence-corrected chi connectivity index (χ0v) is 13.6. The highest BCUT2D eigenvalue weighted by Gasteiger charge is 2.21. The largest absolute Gasteiger partial charge is 0.478 e. The molecule has 3 rings (SSSR count). The van der Waals surface area contributed by atoms with E-state index in [0.717, 1.165) is 11.5 Å². The number of esters is 1. The summed E-state index contributed by atoms with van der Waals surface area (Å²) in [5, 5.41) is 12.0. The maximum absolute atomic E-state index is 12.2. The first kappa shape index (κ1) is 17.2. The lowest BCUT2D eigenvalue weighted by Crippen LogP contribution is -2.12. The van der Waals surface area contributed by atoms with Crippen molar-refractivity contribution in [1.29, 1.82) is 0 Å². The Hall–Kier alpha value is -3.68. The number of nitro benzene ring substituents is 1. The van der Waals surface area contributed by atoms with Crippen LogP contribution in [0.1, 0.15) is 20.9 Å². The molecule has 8 nitrogen and oxygen atoms in total. The lowest BCUT2D eigenvalue weighted by Gasteiger charge is -2.06. The number of furan rings is 1. The number of nitro groups is 1. The maximum Gasteiger partial charge on any atom is 0.338 e. The van der Waals surface area contributed by atoms with Crippen LogP contribution in [0.4, 0.5) is 5.69 Å². The second-order valence-electron chi connectivity index (χ2n) is 5.29. The van der Waals surface area contributed by atoms with Gasteiger partial charge in [0.1, 0.15) is 5.58 Å². The van der Waals surface area contributed by atoms with Gasteiger partial charge in [0.2, 0.25) is 5.78 Å². The van der Waals surface area contributed by atoms with Gasteiger partial charge in [-0.15, -0.1) is 0 Å². The molecule has 0 spiro atoms. The average molecular weight is 355 g/mol. The average Bonchev–Trinajstić information content (AvgIpc) is 3.09. The van der Waals surface area contributed by atoms with Crippen LogP contribution in [-0.2, 0) is 4.74 Å². The van der Waals surface area contributed by atoms with Crippen molar-refractivity contribution in [3.05, 3.63) is 70.0 Å². The van der Waals surface area contributed by atoms with E-state index in [1.54, 1.807) is 24.3 Å². The number of hydrogen-bond donors (Lipinski definition) is 0. The molecule has 0 unspecified atom stereocenters. The fourth-order valence-electron chi connectivity index (χ4n) is 2.36. The Morgan fingerprint density at radius 3 is 2.62 bits per heavy atom. The highest BCUT2D eigenvalue weighted by atomic mass is 16.6. The van der Waals surface area contributed by atoms with Gasteiger partial charge in [-0.05, 0) is 24.3 Å². The molecule has 0 atom stereocenters. The molecule has 0 N–H and O–H groups in total. The number of benzene rings is 2. The molecule has 1 heterocycles. The van der Waals surface area contributed by atoms with Crippen molar-refractivity contribution in [2.45, 2.75) is 0 Å². The van der Waals surface area contributed by atoms with E-state index in [1.807, 2.05) is 6.07 Å². The molecule has 0 aliphatic rings. The molecule has 2 aromatic carbocycles. The molecule has 1 aromatic heterocycles. The predicted molar refractivity (Wildman–Crippen MR) is 90.5 cm³/mol. The Bertz CT molecular complexity index is 973. The standard InChI is InChI=1S/C18H13NO7/c1-24-18(21)12-6-7-16(13(8-12)19(22)23)25-10-14(20)17-9-11-4-2-3-5-15(11)26-17/h2-9H,10H2,1H3. The third-order valence-corrected chi connectivity index (χ3v) is 3.64. The minimum Gasteiger partial charge on any atom is -0.478 e. The van der Waals surface area contributed by atoms with Crippen LogP contribution in [0.2, 0.25) is 0 Å². The van der Waals surface area contributed by atoms with Gasteiger partial charge in [0.15, 0.2) is 18.1 Å². The van der Waals surface area contributed by atoms with E-state index in [9.17, 15) is 19.7 Å². The minimum atomic E-state index is -0.710. The van der Waals surface area contributed by atoms with Gasteiger partial charge in [-0.2, -0.15) is 0 Å². The number of hydrogen-bond acceptors (Lipinski definition) is 7. The number of Topliss-reactive ketones (excluding diaryl/α,β-unsaturated/α-hetero) is 1. The minimum absolute atomic E-state index is 0.00941. The summed E-state index contributed by atoms with van der Waals surface area (Å²) in [7, 11) is 1.17. The van der Waals surface area contributed by atoms with Crippen LogP contribution in [0.25, 0.3) is 11.0 Å². The number of para-hydroxylation sites is 1. The first-order chi connectivity index (χ1) is 12.5. The highest BCUT2D eigenvalue weighted by molar-refractivity contribution is 5.98. The quantitative estimate of drug-likeness (QED) is 0.288. The molecule has 0 saturated heterocycles. The molecular formula is C18H13NO7. The zero-order chi connectivity index (χ0) is 18.7. The fourth-order valence-corrected chi connectivity index (χ4v) is 2.36. The van der Waals surface area contributed by atoms with Gasteiger partial charge < -0.3 is 13.9 Å². The first-order valence-electron chi connectivity index (χ1n) is 7.51. The molecule has 0 amide bonds. The number of carbonyl (C=O) groups excluding carboxylic acids is 2. The van der Waals surface area contributed by atoms with Crippen LogP contribution >= 0.6 is 0 Å². The molecule has 132 valence electrons. The monoisotopic (exact) mass is 355 g/mol. The Morgan fingerprint density at radius 2 is 1.92 bits per heavy atom. The summed E-state index contributed by atoms with van der Waals surface area (Å²) in [6, 6.07) is 12.3. The van der Waals surface area contributed by atoms with E-state index in [1.165, 1.54) is 19.2 Å². The second-order valence-corrected chi connectivity index (χ2v) is 5.29. The van der Waals surface area contributed by atoms with E-state index >= 15 is 0 Å². The van der Waals surface area contributed by atoms with Crippen molar-refractivity contribution in [2.75, 3.05) is 13.7 Å². The summed E-state index contributed by atoms with van der Waals surface area (Å²) in [5.74, 6) is -1.21. The maximum atomic E-state index is 12.2. The molecule has 0 bridgehead atoms. The van der Waals surface area contributed by atoms with Crippen LogP contribution in [0.5, 0.6) is 5.75 Å². The third kappa shape index (κ3) is 3.39. The SMILES string of the molecule is COC(=O)c1ccc(OCC(=O)c2cc3ccccc3o2)c([N+](=O)[O-])c1. The molecule has 3 aromatic rings. The molecule has 26 heavy (non-hydrogen) atoms. The van der Waals surface area contributed by atoms with Gasteiger partial charge in [-0.25, -0.2) is 4.79 Å². The van der Waals surface area contributed by atoms with Crippen LogP contribution < -0.4 is 4.74 Å². The number of ether oxygens (including phenoxy) is 2. The molecule has 0 aliphatic heterocycles. The van der Waals surface area contributed by atoms with Gasteiger partial charge in [-0.1, -0.05) is 18.2 Å². The topological polar surface area (TPSA) is 109 Å². The van der Waals surface area contributed by atoms with E-state index in [4.69, 9.17) is 9.15 Å². The van der Waals surface area contributed by atoms with Crippen LogP contribution in [0.15, 0.2) is 52.9 Å². The van der Waals surface area contributed by atoms with E-state index < -0.39 is 29.0 Å². The lowest BCUT2D eigenvalue weighted by molar-refractivity contribution is -0.385. The third-order valence-electron chi connectivity index (χ3n) is 3.64. The Labute approximate surface area is 147 Å². The number of nitrogens with zero attached hydrogens (tertiary/aromatic N) is 1. The molecule has 0 fully saturated rings. The van der Waals surface area contributed by atoms with Crippen molar-refractivity contribution >= 4 is 28.4 Å². The van der Waals surface area contributed by atoms with Crippen molar-refractivity contribution in [2.24, 2.45) is 0 Å². The molecule has 8 heteroatoms. The summed E-state index contributed by atoms with van der Waals surface area (Å²) in [6.45, 7) is -0.446. The summed E-state index contributed by atoms with van der Waals surface area (Å²) < 4.78 is 15.2. The number of carbonyl (C=O) groups is 2. The van der Waals surface area contributed by atoms with Crippen molar-refractivity contribution in [3.8, 4) is 5.75 Å². The smallest absolute Gasteiger partial charge is 0.338 e. The number of rotatable bonds is 6. The van der Waals surface area contributed by atoms with E-state index in [0.29, 0.717) is 5.58 Å². The van der Waals surface area contributed by atoms with Gasteiger partial charge >= 0.3 is 11.7 Å². The molecule has 0 aliphatic carbocycles. The van der Waals surface area contributed by atoms with E-state index in [2.05, 4.69) is 4.74 Å². The molecule has 0 radical (unpaired) electrons. The van der Waals surface area contributed by atoms with Gasteiger partial charge in [0.05, 0.1) is 17.6 Å². The Balaban J connectivity index is 1.79.